The smallest absolute Gasteiger partial charge is 0.230 e. The number of amides is 2. The minimum Gasteiger partial charge on any atom is -0.312 e. The summed E-state index contributed by atoms with van der Waals surface area (Å²) in [6.45, 7) is 2.20. The van der Waals surface area contributed by atoms with E-state index < -0.39 is 5.92 Å². The van der Waals surface area contributed by atoms with Gasteiger partial charge in [0.2, 0.25) is 11.8 Å². The van der Waals surface area contributed by atoms with Crippen LogP contribution in [0, 0.1) is 12.8 Å². The van der Waals surface area contributed by atoms with Crippen LogP contribution in [0.1, 0.15) is 12.2 Å². The maximum atomic E-state index is 12.7. The SMILES string of the molecule is Cc1nccn1-c1cc(NC(=O)C2CC(=O)N(c3cccc(Br)c3)C2)ncn1. The van der Waals surface area contributed by atoms with Crippen molar-refractivity contribution in [1.82, 2.24) is 19.5 Å². The molecule has 2 amide bonds. The van der Waals surface area contributed by atoms with E-state index in [1.165, 1.54) is 6.33 Å². The first-order chi connectivity index (χ1) is 13.5. The van der Waals surface area contributed by atoms with Crippen LogP contribution in [-0.4, -0.2) is 37.9 Å². The molecule has 3 aromatic rings. The highest BCUT2D eigenvalue weighted by Crippen LogP contribution is 2.28. The summed E-state index contributed by atoms with van der Waals surface area (Å²) in [5.41, 5.74) is 0.773. The lowest BCUT2D eigenvalue weighted by molar-refractivity contribution is -0.122. The predicted molar refractivity (Wildman–Crippen MR) is 107 cm³/mol. The van der Waals surface area contributed by atoms with E-state index in [0.717, 1.165) is 16.0 Å². The number of benzene rings is 1. The largest absolute Gasteiger partial charge is 0.312 e. The lowest BCUT2D eigenvalue weighted by atomic mass is 10.1. The van der Waals surface area contributed by atoms with Gasteiger partial charge in [0.05, 0.1) is 5.92 Å². The summed E-state index contributed by atoms with van der Waals surface area (Å²) < 4.78 is 2.68. The lowest BCUT2D eigenvalue weighted by Crippen LogP contribution is -2.28. The van der Waals surface area contributed by atoms with Gasteiger partial charge in [-0.2, -0.15) is 0 Å². The normalized spacial score (nSPS) is 16.4. The van der Waals surface area contributed by atoms with Crippen LogP contribution in [0.3, 0.4) is 0 Å². The summed E-state index contributed by atoms with van der Waals surface area (Å²) in [4.78, 5) is 39.2. The molecule has 0 spiro atoms. The van der Waals surface area contributed by atoms with E-state index in [2.05, 4.69) is 36.2 Å². The number of aryl methyl sites for hydroxylation is 1. The quantitative estimate of drug-likeness (QED) is 0.672. The van der Waals surface area contributed by atoms with Crippen LogP contribution >= 0.6 is 15.9 Å². The fraction of sp³-hybridized carbons (Fsp3) is 0.211. The van der Waals surface area contributed by atoms with Crippen LogP contribution in [0.25, 0.3) is 5.82 Å². The van der Waals surface area contributed by atoms with Crippen molar-refractivity contribution >= 4 is 39.2 Å². The Balaban J connectivity index is 1.47. The number of nitrogens with zero attached hydrogens (tertiary/aromatic N) is 5. The Labute approximate surface area is 169 Å². The maximum Gasteiger partial charge on any atom is 0.230 e. The van der Waals surface area contributed by atoms with Gasteiger partial charge in [-0.05, 0) is 25.1 Å². The second-order valence-electron chi connectivity index (χ2n) is 6.48. The van der Waals surface area contributed by atoms with Gasteiger partial charge in [-0.3, -0.25) is 14.2 Å². The number of aromatic nitrogens is 4. The van der Waals surface area contributed by atoms with Crippen LogP contribution in [0.15, 0.2) is 53.5 Å². The van der Waals surface area contributed by atoms with Crippen molar-refractivity contribution in [3.8, 4) is 5.82 Å². The molecule has 2 aromatic heterocycles. The zero-order valence-corrected chi connectivity index (χ0v) is 16.6. The summed E-state index contributed by atoms with van der Waals surface area (Å²) in [7, 11) is 0. The summed E-state index contributed by atoms with van der Waals surface area (Å²) in [6.07, 6.45) is 5.01. The third-order valence-corrected chi connectivity index (χ3v) is 5.09. The third kappa shape index (κ3) is 3.65. The number of hydrogen-bond donors (Lipinski definition) is 1. The van der Waals surface area contributed by atoms with Crippen molar-refractivity contribution in [3.05, 3.63) is 59.3 Å². The van der Waals surface area contributed by atoms with E-state index >= 15 is 0 Å². The summed E-state index contributed by atoms with van der Waals surface area (Å²) in [6, 6.07) is 9.15. The standard InChI is InChI=1S/C19H17BrN6O2/c1-12-21-5-6-25(12)17-9-16(22-11-23-17)24-19(28)13-7-18(27)26(10-13)15-4-2-3-14(20)8-15/h2-6,8-9,11,13H,7,10H2,1H3,(H,22,23,24,28). The molecule has 4 rings (SSSR count). The molecule has 0 saturated carbocycles. The van der Waals surface area contributed by atoms with E-state index in [9.17, 15) is 9.59 Å². The molecule has 0 radical (unpaired) electrons. The molecule has 1 aromatic carbocycles. The molecular formula is C19H17BrN6O2. The van der Waals surface area contributed by atoms with Crippen LogP contribution in [0.5, 0.6) is 0 Å². The highest BCUT2D eigenvalue weighted by atomic mass is 79.9. The number of rotatable bonds is 4. The maximum absolute atomic E-state index is 12.7. The van der Waals surface area contributed by atoms with Gasteiger partial charge in [-0.1, -0.05) is 22.0 Å². The van der Waals surface area contributed by atoms with Gasteiger partial charge in [0.1, 0.15) is 23.8 Å². The van der Waals surface area contributed by atoms with Crippen molar-refractivity contribution in [3.63, 3.8) is 0 Å². The number of imidazole rings is 1. The Hall–Kier alpha value is -3.07. The third-order valence-electron chi connectivity index (χ3n) is 4.59. The number of nitrogens with one attached hydrogen (secondary N) is 1. The molecular weight excluding hydrogens is 424 g/mol. The minimum atomic E-state index is -0.445. The molecule has 1 atom stereocenters. The average Bonchev–Trinajstić information content (AvgIpc) is 3.27. The zero-order chi connectivity index (χ0) is 19.7. The molecule has 0 aliphatic carbocycles. The summed E-state index contributed by atoms with van der Waals surface area (Å²) >= 11 is 3.41. The fourth-order valence-corrected chi connectivity index (χ4v) is 3.56. The van der Waals surface area contributed by atoms with E-state index in [1.54, 1.807) is 27.9 Å². The Bertz CT molecular complexity index is 1050. The molecule has 3 heterocycles. The number of halogens is 1. The van der Waals surface area contributed by atoms with Gasteiger partial charge in [0.25, 0.3) is 0 Å². The molecule has 1 saturated heterocycles. The van der Waals surface area contributed by atoms with Crippen molar-refractivity contribution in [2.45, 2.75) is 13.3 Å². The molecule has 0 bridgehead atoms. The first-order valence-corrected chi connectivity index (χ1v) is 9.50. The second-order valence-corrected chi connectivity index (χ2v) is 7.40. The van der Waals surface area contributed by atoms with Gasteiger partial charge in [0.15, 0.2) is 0 Å². The average molecular weight is 441 g/mol. The number of hydrogen-bond acceptors (Lipinski definition) is 5. The first-order valence-electron chi connectivity index (χ1n) is 8.70. The predicted octanol–water partition coefficient (Wildman–Crippen LogP) is 2.72. The molecule has 142 valence electrons. The molecule has 1 fully saturated rings. The lowest BCUT2D eigenvalue weighted by Gasteiger charge is -2.17. The highest BCUT2D eigenvalue weighted by molar-refractivity contribution is 9.10. The van der Waals surface area contributed by atoms with Gasteiger partial charge >= 0.3 is 0 Å². The molecule has 1 N–H and O–H groups in total. The first kappa shape index (κ1) is 18.3. The van der Waals surface area contributed by atoms with Crippen LogP contribution in [0.4, 0.5) is 11.5 Å². The molecule has 28 heavy (non-hydrogen) atoms. The summed E-state index contributed by atoms with van der Waals surface area (Å²) in [5, 5.41) is 2.80. The van der Waals surface area contributed by atoms with Gasteiger partial charge in [0, 0.05) is 41.6 Å². The van der Waals surface area contributed by atoms with E-state index in [0.29, 0.717) is 18.2 Å². The number of carbonyl (C=O) groups excluding carboxylic acids is 2. The van der Waals surface area contributed by atoms with Crippen LogP contribution in [-0.2, 0) is 9.59 Å². The van der Waals surface area contributed by atoms with Crippen molar-refractivity contribution in [2.24, 2.45) is 5.92 Å². The molecule has 1 aliphatic rings. The van der Waals surface area contributed by atoms with E-state index in [4.69, 9.17) is 0 Å². The van der Waals surface area contributed by atoms with Crippen molar-refractivity contribution in [2.75, 3.05) is 16.8 Å². The monoisotopic (exact) mass is 440 g/mol. The Morgan fingerprint density at radius 2 is 2.11 bits per heavy atom. The van der Waals surface area contributed by atoms with E-state index in [-0.39, 0.29) is 18.2 Å². The Morgan fingerprint density at radius 3 is 2.86 bits per heavy atom. The number of carbonyl (C=O) groups is 2. The zero-order valence-electron chi connectivity index (χ0n) is 15.0. The van der Waals surface area contributed by atoms with Gasteiger partial charge < -0.3 is 10.2 Å². The Morgan fingerprint density at radius 1 is 1.25 bits per heavy atom. The molecule has 9 heteroatoms. The van der Waals surface area contributed by atoms with Crippen molar-refractivity contribution < 1.29 is 9.59 Å². The Kier molecular flexibility index (Phi) is 4.91. The molecule has 1 aliphatic heterocycles. The molecule has 1 unspecified atom stereocenters. The van der Waals surface area contributed by atoms with Gasteiger partial charge in [-0.15, -0.1) is 0 Å². The summed E-state index contributed by atoms with van der Waals surface area (Å²) in [5.74, 6) is 1.02. The van der Waals surface area contributed by atoms with Crippen LogP contribution in [0.2, 0.25) is 0 Å². The van der Waals surface area contributed by atoms with Gasteiger partial charge in [-0.25, -0.2) is 15.0 Å². The van der Waals surface area contributed by atoms with E-state index in [1.807, 2.05) is 31.2 Å². The topological polar surface area (TPSA) is 93.0 Å². The number of anilines is 2. The molecule has 8 nitrogen and oxygen atoms in total. The minimum absolute atomic E-state index is 0.0735. The second kappa shape index (κ2) is 7.51. The van der Waals surface area contributed by atoms with Crippen molar-refractivity contribution in [1.29, 1.82) is 0 Å². The fourth-order valence-electron chi connectivity index (χ4n) is 3.17. The van der Waals surface area contributed by atoms with Crippen LogP contribution < -0.4 is 10.2 Å². The highest BCUT2D eigenvalue weighted by Gasteiger charge is 2.35.